The van der Waals surface area contributed by atoms with Crippen LogP contribution in [0, 0.1) is 11.3 Å². The molecule has 1 unspecified atom stereocenters. The molecule has 0 saturated carbocycles. The predicted molar refractivity (Wildman–Crippen MR) is 58.7 cm³/mol. The Morgan fingerprint density at radius 1 is 1.12 bits per heavy atom. The van der Waals surface area contributed by atoms with Crippen molar-refractivity contribution < 1.29 is 19.3 Å². The van der Waals surface area contributed by atoms with E-state index >= 15 is 0 Å². The molecule has 4 nitrogen and oxygen atoms in total. The summed E-state index contributed by atoms with van der Waals surface area (Å²) in [6.07, 6.45) is 2.86. The fourth-order valence-electron chi connectivity index (χ4n) is 1.66. The lowest BCUT2D eigenvalue weighted by Crippen LogP contribution is -2.58. The van der Waals surface area contributed by atoms with E-state index in [1.54, 1.807) is 12.2 Å². The van der Waals surface area contributed by atoms with Crippen LogP contribution in [-0.2, 0) is 14.2 Å². The monoisotopic (exact) mass is 228 g/mol. The van der Waals surface area contributed by atoms with E-state index < -0.39 is 12.1 Å². The molecule has 0 spiro atoms. The van der Waals surface area contributed by atoms with Crippen molar-refractivity contribution in [2.75, 3.05) is 19.8 Å². The number of fused-ring (bicyclic) bond motifs is 3. The van der Waals surface area contributed by atoms with Crippen LogP contribution in [0.25, 0.3) is 0 Å². The molecule has 0 aromatic carbocycles. The summed E-state index contributed by atoms with van der Waals surface area (Å²) in [5.74, 6) is -0.890. The van der Waals surface area contributed by atoms with Gasteiger partial charge in [-0.05, 0) is 5.92 Å². The van der Waals surface area contributed by atoms with Gasteiger partial charge in [0.2, 0.25) is 0 Å². The number of hydrogen-bond acceptors (Lipinski definition) is 4. The van der Waals surface area contributed by atoms with Gasteiger partial charge >= 0.3 is 5.97 Å². The molecular formula is C12H20O4. The highest BCUT2D eigenvalue weighted by Crippen LogP contribution is 2.38. The molecule has 0 aromatic rings. The lowest BCUT2D eigenvalue weighted by molar-refractivity contribution is -0.441. The minimum absolute atomic E-state index is 0.0216. The highest BCUT2D eigenvalue weighted by Gasteiger charge is 2.48. The summed E-state index contributed by atoms with van der Waals surface area (Å²) in [4.78, 5) is 0. The SMILES string of the molecule is CC(C)C(O)/C=C/C12OCC(C)(CO1)CO2. The average Bonchev–Trinajstić information content (AvgIpc) is 2.28. The predicted octanol–water partition coefficient (Wildman–Crippen LogP) is 1.30. The van der Waals surface area contributed by atoms with E-state index in [0.29, 0.717) is 19.8 Å². The van der Waals surface area contributed by atoms with E-state index in [0.717, 1.165) is 0 Å². The van der Waals surface area contributed by atoms with Crippen LogP contribution in [0.15, 0.2) is 12.2 Å². The Labute approximate surface area is 96.2 Å². The van der Waals surface area contributed by atoms with Crippen LogP contribution in [-0.4, -0.2) is 37.0 Å². The number of aliphatic hydroxyl groups excluding tert-OH is 1. The first-order valence-electron chi connectivity index (χ1n) is 5.74. The third-order valence-electron chi connectivity index (χ3n) is 3.05. The third-order valence-corrected chi connectivity index (χ3v) is 3.05. The van der Waals surface area contributed by atoms with Gasteiger partial charge in [-0.2, -0.15) is 0 Å². The van der Waals surface area contributed by atoms with Gasteiger partial charge in [-0.3, -0.25) is 0 Å². The van der Waals surface area contributed by atoms with Gasteiger partial charge in [-0.1, -0.05) is 26.8 Å². The van der Waals surface area contributed by atoms with Crippen molar-refractivity contribution in [1.29, 1.82) is 0 Å². The highest BCUT2D eigenvalue weighted by molar-refractivity contribution is 5.00. The van der Waals surface area contributed by atoms with Crippen LogP contribution in [0.3, 0.4) is 0 Å². The summed E-state index contributed by atoms with van der Waals surface area (Å²) >= 11 is 0. The van der Waals surface area contributed by atoms with Crippen molar-refractivity contribution in [1.82, 2.24) is 0 Å². The fourth-order valence-corrected chi connectivity index (χ4v) is 1.66. The normalized spacial score (nSPS) is 40.8. The van der Waals surface area contributed by atoms with Gasteiger partial charge in [0.05, 0.1) is 25.9 Å². The van der Waals surface area contributed by atoms with Crippen LogP contribution >= 0.6 is 0 Å². The van der Waals surface area contributed by atoms with E-state index in [1.807, 2.05) is 13.8 Å². The van der Waals surface area contributed by atoms with Crippen LogP contribution in [0.4, 0.5) is 0 Å². The van der Waals surface area contributed by atoms with Crippen molar-refractivity contribution in [3.8, 4) is 0 Å². The van der Waals surface area contributed by atoms with E-state index in [9.17, 15) is 5.11 Å². The molecule has 3 fully saturated rings. The molecule has 0 radical (unpaired) electrons. The zero-order valence-electron chi connectivity index (χ0n) is 10.1. The molecule has 0 amide bonds. The van der Waals surface area contributed by atoms with E-state index in [2.05, 4.69) is 6.92 Å². The summed E-state index contributed by atoms with van der Waals surface area (Å²) in [6.45, 7) is 7.88. The van der Waals surface area contributed by atoms with Crippen molar-refractivity contribution in [3.63, 3.8) is 0 Å². The summed E-state index contributed by atoms with van der Waals surface area (Å²) in [5.41, 5.74) is -0.0216. The maximum atomic E-state index is 9.68. The minimum Gasteiger partial charge on any atom is -0.389 e. The summed E-state index contributed by atoms with van der Waals surface area (Å²) in [5, 5.41) is 9.68. The highest BCUT2D eigenvalue weighted by atomic mass is 16.9. The zero-order chi connectivity index (χ0) is 11.8. The maximum absolute atomic E-state index is 9.68. The largest absolute Gasteiger partial charge is 0.389 e. The molecule has 16 heavy (non-hydrogen) atoms. The lowest BCUT2D eigenvalue weighted by Gasteiger charge is -2.49. The Bertz CT molecular complexity index is 260. The first-order valence-corrected chi connectivity index (χ1v) is 5.74. The Balaban J connectivity index is 2.00. The number of ether oxygens (including phenoxy) is 3. The third kappa shape index (κ3) is 2.30. The standard InChI is InChI=1S/C12H20O4/c1-9(2)10(13)4-5-12-14-6-11(3,7-15-12)8-16-12/h4-5,9-10,13H,6-8H2,1-3H3/b5-4+. The quantitative estimate of drug-likeness (QED) is 0.740. The van der Waals surface area contributed by atoms with Crippen molar-refractivity contribution >= 4 is 0 Å². The molecule has 2 bridgehead atoms. The minimum atomic E-state index is -1.06. The zero-order valence-corrected chi connectivity index (χ0v) is 10.1. The van der Waals surface area contributed by atoms with E-state index in [-0.39, 0.29) is 11.3 Å². The molecule has 3 rings (SSSR count). The topological polar surface area (TPSA) is 47.9 Å². The second kappa shape index (κ2) is 4.11. The summed E-state index contributed by atoms with van der Waals surface area (Å²) in [7, 11) is 0. The van der Waals surface area contributed by atoms with Crippen LogP contribution in [0.1, 0.15) is 20.8 Å². The van der Waals surface area contributed by atoms with Gasteiger partial charge in [0, 0.05) is 11.5 Å². The molecule has 92 valence electrons. The molecule has 1 N–H and O–H groups in total. The Kier molecular flexibility index (Phi) is 3.09. The fraction of sp³-hybridized carbons (Fsp3) is 0.833. The van der Waals surface area contributed by atoms with Gasteiger partial charge in [0.25, 0.3) is 0 Å². The Hall–Kier alpha value is -0.420. The molecule has 4 heteroatoms. The second-order valence-electron chi connectivity index (χ2n) is 5.37. The number of rotatable bonds is 3. The molecular weight excluding hydrogens is 208 g/mol. The van der Waals surface area contributed by atoms with Gasteiger partial charge in [-0.15, -0.1) is 0 Å². The number of aliphatic hydroxyl groups is 1. The average molecular weight is 228 g/mol. The van der Waals surface area contributed by atoms with Crippen molar-refractivity contribution in [2.45, 2.75) is 32.8 Å². The summed E-state index contributed by atoms with van der Waals surface area (Å²) < 4.78 is 16.7. The lowest BCUT2D eigenvalue weighted by atomic mass is 9.92. The first-order chi connectivity index (χ1) is 7.45. The van der Waals surface area contributed by atoms with E-state index in [1.165, 1.54) is 0 Å². The maximum Gasteiger partial charge on any atom is 0.304 e. The van der Waals surface area contributed by atoms with Crippen LogP contribution in [0.2, 0.25) is 0 Å². The van der Waals surface area contributed by atoms with Crippen molar-refractivity contribution in [2.24, 2.45) is 11.3 Å². The molecule has 3 aliphatic heterocycles. The molecule has 0 aromatic heterocycles. The molecule has 1 atom stereocenters. The first kappa shape index (κ1) is 12.0. The smallest absolute Gasteiger partial charge is 0.304 e. The molecule has 0 aliphatic carbocycles. The van der Waals surface area contributed by atoms with Crippen LogP contribution < -0.4 is 0 Å². The van der Waals surface area contributed by atoms with Crippen molar-refractivity contribution in [3.05, 3.63) is 12.2 Å². The van der Waals surface area contributed by atoms with Gasteiger partial charge in [0.15, 0.2) is 0 Å². The number of hydrogen-bond donors (Lipinski definition) is 1. The van der Waals surface area contributed by atoms with Crippen LogP contribution in [0.5, 0.6) is 0 Å². The van der Waals surface area contributed by atoms with E-state index in [4.69, 9.17) is 14.2 Å². The second-order valence-corrected chi connectivity index (χ2v) is 5.37. The Morgan fingerprint density at radius 2 is 1.62 bits per heavy atom. The summed E-state index contributed by atoms with van der Waals surface area (Å²) in [6, 6.07) is 0. The molecule has 3 aliphatic rings. The molecule has 3 heterocycles. The van der Waals surface area contributed by atoms with Gasteiger partial charge < -0.3 is 19.3 Å². The molecule has 3 saturated heterocycles. The van der Waals surface area contributed by atoms with Gasteiger partial charge in [-0.25, -0.2) is 0 Å². The Morgan fingerprint density at radius 3 is 2.06 bits per heavy atom. The van der Waals surface area contributed by atoms with Gasteiger partial charge in [0.1, 0.15) is 0 Å².